The first-order chi connectivity index (χ1) is 14.2. The molecule has 0 saturated carbocycles. The summed E-state index contributed by atoms with van der Waals surface area (Å²) in [5.74, 6) is 1.02. The van der Waals surface area contributed by atoms with Gasteiger partial charge >= 0.3 is 6.09 Å². The molecular weight excluding hydrogens is 372 g/mol. The Morgan fingerprint density at radius 2 is 1.69 bits per heavy atom. The lowest BCUT2D eigenvalue weighted by atomic mass is 10.2. The molecule has 0 radical (unpaired) electrons. The van der Waals surface area contributed by atoms with Crippen LogP contribution in [-0.2, 0) is 16.1 Å². The molecule has 29 heavy (non-hydrogen) atoms. The molecule has 9 heteroatoms. The molecule has 0 saturated heterocycles. The Morgan fingerprint density at radius 1 is 0.897 bits per heavy atom. The van der Waals surface area contributed by atoms with E-state index in [0.717, 1.165) is 11.4 Å². The number of hydrogen-bond donors (Lipinski definition) is 3. The van der Waals surface area contributed by atoms with Crippen molar-refractivity contribution >= 4 is 17.8 Å². The van der Waals surface area contributed by atoms with Gasteiger partial charge in [-0.15, -0.1) is 10.2 Å². The van der Waals surface area contributed by atoms with Gasteiger partial charge in [-0.3, -0.25) is 4.79 Å². The van der Waals surface area contributed by atoms with Crippen LogP contribution >= 0.6 is 0 Å². The first-order valence-electron chi connectivity index (χ1n) is 9.13. The maximum Gasteiger partial charge on any atom is 0.407 e. The van der Waals surface area contributed by atoms with Crippen molar-refractivity contribution in [1.29, 1.82) is 0 Å². The van der Waals surface area contributed by atoms with Crippen molar-refractivity contribution in [3.8, 4) is 5.82 Å². The van der Waals surface area contributed by atoms with Crippen molar-refractivity contribution in [3.63, 3.8) is 0 Å². The Morgan fingerprint density at radius 3 is 2.41 bits per heavy atom. The summed E-state index contributed by atoms with van der Waals surface area (Å²) in [7, 11) is 0. The first-order valence-corrected chi connectivity index (χ1v) is 9.13. The lowest BCUT2D eigenvalue weighted by Crippen LogP contribution is -2.38. The second-order valence-corrected chi connectivity index (χ2v) is 6.06. The normalized spacial score (nSPS) is 10.2. The van der Waals surface area contributed by atoms with Crippen molar-refractivity contribution < 1.29 is 14.3 Å². The van der Waals surface area contributed by atoms with Crippen molar-refractivity contribution in [2.75, 3.05) is 25.0 Å². The van der Waals surface area contributed by atoms with Gasteiger partial charge in [0.15, 0.2) is 5.82 Å². The SMILES string of the molecule is O=C(CNC(=O)OCc1ccccc1)NCCNc1ccc(-n2cccc2)nn1. The Bertz CT molecular complexity index is 898. The lowest BCUT2D eigenvalue weighted by molar-refractivity contribution is -0.120. The smallest absolute Gasteiger partial charge is 0.407 e. The number of aromatic nitrogens is 3. The largest absolute Gasteiger partial charge is 0.445 e. The number of amides is 2. The number of ether oxygens (including phenoxy) is 1. The van der Waals surface area contributed by atoms with Crippen molar-refractivity contribution in [2.45, 2.75) is 6.61 Å². The Balaban J connectivity index is 1.27. The highest BCUT2D eigenvalue weighted by Crippen LogP contribution is 2.06. The minimum atomic E-state index is -0.639. The number of hydrogen-bond acceptors (Lipinski definition) is 6. The monoisotopic (exact) mass is 394 g/mol. The van der Waals surface area contributed by atoms with Crippen molar-refractivity contribution in [2.24, 2.45) is 0 Å². The topological polar surface area (TPSA) is 110 Å². The molecule has 0 aliphatic heterocycles. The summed E-state index contributed by atoms with van der Waals surface area (Å²) < 4.78 is 6.90. The summed E-state index contributed by atoms with van der Waals surface area (Å²) in [4.78, 5) is 23.4. The van der Waals surface area contributed by atoms with Crippen LogP contribution in [-0.4, -0.2) is 46.4 Å². The molecule has 3 aromatic rings. The summed E-state index contributed by atoms with van der Waals surface area (Å²) in [6.45, 7) is 0.851. The van der Waals surface area contributed by atoms with Gasteiger partial charge in [-0.1, -0.05) is 30.3 Å². The Kier molecular flexibility index (Phi) is 7.16. The van der Waals surface area contributed by atoms with Gasteiger partial charge in [0.1, 0.15) is 12.4 Å². The van der Waals surface area contributed by atoms with E-state index in [1.54, 1.807) is 0 Å². The van der Waals surface area contributed by atoms with E-state index in [-0.39, 0.29) is 19.1 Å². The summed E-state index contributed by atoms with van der Waals surface area (Å²) in [6, 6.07) is 16.8. The molecule has 150 valence electrons. The van der Waals surface area contributed by atoms with Gasteiger partial charge in [0.2, 0.25) is 5.91 Å². The van der Waals surface area contributed by atoms with Crippen LogP contribution < -0.4 is 16.0 Å². The molecule has 0 aliphatic carbocycles. The molecule has 0 aliphatic rings. The van der Waals surface area contributed by atoms with Crippen LogP contribution in [0.25, 0.3) is 5.82 Å². The van der Waals surface area contributed by atoms with Crippen LogP contribution in [0.3, 0.4) is 0 Å². The highest BCUT2D eigenvalue weighted by Gasteiger charge is 2.06. The highest BCUT2D eigenvalue weighted by molar-refractivity contribution is 5.82. The fraction of sp³-hybridized carbons (Fsp3) is 0.200. The average molecular weight is 394 g/mol. The second-order valence-electron chi connectivity index (χ2n) is 6.06. The van der Waals surface area contributed by atoms with E-state index in [1.807, 2.05) is 71.6 Å². The third kappa shape index (κ3) is 6.65. The van der Waals surface area contributed by atoms with Gasteiger partial charge in [-0.2, -0.15) is 0 Å². The van der Waals surface area contributed by atoms with Gasteiger partial charge in [0.25, 0.3) is 0 Å². The molecule has 0 bridgehead atoms. The maximum absolute atomic E-state index is 11.8. The molecule has 0 spiro atoms. The molecule has 2 heterocycles. The summed E-state index contributed by atoms with van der Waals surface area (Å²) >= 11 is 0. The number of anilines is 1. The van der Waals surface area contributed by atoms with Crippen LogP contribution in [0.15, 0.2) is 67.0 Å². The van der Waals surface area contributed by atoms with E-state index in [0.29, 0.717) is 18.9 Å². The molecule has 0 atom stereocenters. The van der Waals surface area contributed by atoms with E-state index >= 15 is 0 Å². The standard InChI is InChI=1S/C20H22N6O3/c27-19(14-23-20(28)29-15-16-6-2-1-3-7-16)22-11-10-21-17-8-9-18(25-24-17)26-12-4-5-13-26/h1-9,12-13H,10-11,14-15H2,(H,21,24)(H,22,27)(H,23,28). The van der Waals surface area contributed by atoms with E-state index < -0.39 is 6.09 Å². The van der Waals surface area contributed by atoms with Crippen LogP contribution in [0.1, 0.15) is 5.56 Å². The third-order valence-electron chi connectivity index (χ3n) is 3.88. The fourth-order valence-electron chi connectivity index (χ4n) is 2.43. The van der Waals surface area contributed by atoms with E-state index in [1.165, 1.54) is 0 Å². The van der Waals surface area contributed by atoms with E-state index in [4.69, 9.17) is 4.74 Å². The van der Waals surface area contributed by atoms with Gasteiger partial charge in [0, 0.05) is 25.5 Å². The predicted molar refractivity (Wildman–Crippen MR) is 107 cm³/mol. The number of nitrogens with zero attached hydrogens (tertiary/aromatic N) is 3. The Hall–Kier alpha value is -3.88. The molecule has 9 nitrogen and oxygen atoms in total. The highest BCUT2D eigenvalue weighted by atomic mass is 16.5. The van der Waals surface area contributed by atoms with Gasteiger partial charge in [0.05, 0.1) is 6.54 Å². The average Bonchev–Trinajstić information content (AvgIpc) is 3.30. The zero-order valence-corrected chi connectivity index (χ0v) is 15.7. The summed E-state index contributed by atoms with van der Waals surface area (Å²) in [5.41, 5.74) is 0.877. The zero-order valence-electron chi connectivity index (χ0n) is 15.7. The molecule has 0 fully saturated rings. The maximum atomic E-state index is 11.8. The number of rotatable bonds is 9. The van der Waals surface area contributed by atoms with Gasteiger partial charge < -0.3 is 25.3 Å². The van der Waals surface area contributed by atoms with Crippen molar-refractivity contribution in [3.05, 3.63) is 72.6 Å². The molecule has 2 aromatic heterocycles. The number of nitrogens with one attached hydrogen (secondary N) is 3. The van der Waals surface area contributed by atoms with Crippen LogP contribution in [0.2, 0.25) is 0 Å². The third-order valence-corrected chi connectivity index (χ3v) is 3.88. The minimum absolute atomic E-state index is 0.154. The molecule has 1 aromatic carbocycles. The second kappa shape index (κ2) is 10.5. The van der Waals surface area contributed by atoms with Crippen LogP contribution in [0.5, 0.6) is 0 Å². The number of carbonyl (C=O) groups is 2. The predicted octanol–water partition coefficient (Wildman–Crippen LogP) is 1.72. The number of alkyl carbamates (subject to hydrolysis) is 1. The number of carbonyl (C=O) groups excluding carboxylic acids is 2. The minimum Gasteiger partial charge on any atom is -0.445 e. The summed E-state index contributed by atoms with van der Waals surface area (Å²) in [6.07, 6.45) is 3.14. The summed E-state index contributed by atoms with van der Waals surface area (Å²) in [5, 5.41) is 16.4. The Labute approximate surface area is 168 Å². The fourth-order valence-corrected chi connectivity index (χ4v) is 2.43. The van der Waals surface area contributed by atoms with Crippen molar-refractivity contribution in [1.82, 2.24) is 25.4 Å². The van der Waals surface area contributed by atoms with Gasteiger partial charge in [-0.25, -0.2) is 4.79 Å². The first kappa shape index (κ1) is 19.9. The molecule has 3 N–H and O–H groups in total. The van der Waals surface area contributed by atoms with Gasteiger partial charge in [-0.05, 0) is 29.8 Å². The van der Waals surface area contributed by atoms with Crippen LogP contribution in [0, 0.1) is 0 Å². The molecule has 3 rings (SSSR count). The number of benzene rings is 1. The van der Waals surface area contributed by atoms with Crippen LogP contribution in [0.4, 0.5) is 10.6 Å². The molecule has 2 amide bonds. The van der Waals surface area contributed by atoms with E-state index in [2.05, 4.69) is 26.1 Å². The quantitative estimate of drug-likeness (QED) is 0.477. The zero-order chi connectivity index (χ0) is 20.3. The molecular formula is C20H22N6O3. The van der Waals surface area contributed by atoms with E-state index in [9.17, 15) is 9.59 Å². The lowest BCUT2D eigenvalue weighted by Gasteiger charge is -2.09. The molecule has 0 unspecified atom stereocenters.